The molecule has 0 aromatic heterocycles. The van der Waals surface area contributed by atoms with Gasteiger partial charge in [0.05, 0.1) is 4.92 Å². The Kier molecular flexibility index (Phi) is 3.05. The number of fused-ring (bicyclic) bond motifs is 1. The second-order valence-electron chi connectivity index (χ2n) is 6.14. The first kappa shape index (κ1) is 12.9. The van der Waals surface area contributed by atoms with Gasteiger partial charge in [0.2, 0.25) is 0 Å². The monoisotopic (exact) mass is 248 g/mol. The smallest absolute Gasteiger partial charge is 0.292 e. The lowest BCUT2D eigenvalue weighted by molar-refractivity contribution is -0.383. The van der Waals surface area contributed by atoms with Crippen LogP contribution in [-0.2, 0) is 0 Å². The number of anilines is 1. The number of benzene rings is 1. The fourth-order valence-electron chi connectivity index (χ4n) is 2.58. The van der Waals surface area contributed by atoms with Crippen molar-refractivity contribution in [3.05, 3.63) is 33.9 Å². The number of nitro groups is 1. The van der Waals surface area contributed by atoms with Gasteiger partial charge in [-0.3, -0.25) is 10.1 Å². The molecule has 4 nitrogen and oxygen atoms in total. The quantitative estimate of drug-likeness (QED) is 0.640. The zero-order valence-electron chi connectivity index (χ0n) is 11.4. The topological polar surface area (TPSA) is 55.2 Å². The van der Waals surface area contributed by atoms with Crippen LogP contribution in [0.2, 0.25) is 0 Å². The van der Waals surface area contributed by atoms with E-state index in [-0.39, 0.29) is 16.0 Å². The van der Waals surface area contributed by atoms with Gasteiger partial charge in [0.25, 0.3) is 5.69 Å². The van der Waals surface area contributed by atoms with Gasteiger partial charge in [0.1, 0.15) is 5.69 Å². The average molecular weight is 248 g/mol. The van der Waals surface area contributed by atoms with Gasteiger partial charge in [-0.1, -0.05) is 39.8 Å². The normalized spacial score (nSPS) is 20.1. The standard InChI is InChI=1S/C14H20N2O2/c1-9(14(2,3)4)11-8-15-13-10(11)6-5-7-12(13)16(17)18/h5-7,9,11,15H,8H2,1-4H3. The van der Waals surface area contributed by atoms with Gasteiger partial charge >= 0.3 is 0 Å². The molecule has 1 aromatic carbocycles. The molecule has 0 amide bonds. The van der Waals surface area contributed by atoms with Crippen molar-refractivity contribution in [1.82, 2.24) is 0 Å². The zero-order valence-corrected chi connectivity index (χ0v) is 11.4. The van der Waals surface area contributed by atoms with Crippen LogP contribution in [0.4, 0.5) is 11.4 Å². The van der Waals surface area contributed by atoms with Crippen molar-refractivity contribution in [1.29, 1.82) is 0 Å². The summed E-state index contributed by atoms with van der Waals surface area (Å²) in [4.78, 5) is 10.7. The molecule has 1 aliphatic heterocycles. The van der Waals surface area contributed by atoms with Gasteiger partial charge < -0.3 is 5.32 Å². The number of hydrogen-bond acceptors (Lipinski definition) is 3. The maximum atomic E-state index is 11.0. The van der Waals surface area contributed by atoms with E-state index in [1.165, 1.54) is 0 Å². The van der Waals surface area contributed by atoms with Crippen LogP contribution in [0.5, 0.6) is 0 Å². The van der Waals surface area contributed by atoms with E-state index in [0.717, 1.165) is 12.1 Å². The Hall–Kier alpha value is -1.58. The first-order valence-electron chi connectivity index (χ1n) is 6.33. The zero-order chi connectivity index (χ0) is 13.5. The van der Waals surface area contributed by atoms with Crippen LogP contribution >= 0.6 is 0 Å². The summed E-state index contributed by atoms with van der Waals surface area (Å²) in [6.45, 7) is 9.66. The van der Waals surface area contributed by atoms with Crippen molar-refractivity contribution >= 4 is 11.4 Å². The third kappa shape index (κ3) is 2.07. The average Bonchev–Trinajstić information content (AvgIpc) is 2.69. The molecule has 0 fully saturated rings. The summed E-state index contributed by atoms with van der Waals surface area (Å²) in [6, 6.07) is 5.36. The van der Waals surface area contributed by atoms with Gasteiger partial charge in [0.15, 0.2) is 0 Å². The summed E-state index contributed by atoms with van der Waals surface area (Å²) >= 11 is 0. The molecule has 2 unspecified atom stereocenters. The predicted molar refractivity (Wildman–Crippen MR) is 72.9 cm³/mol. The molecule has 2 rings (SSSR count). The number of nitrogens with one attached hydrogen (secondary N) is 1. The van der Waals surface area contributed by atoms with E-state index in [1.807, 2.05) is 6.07 Å². The first-order chi connectivity index (χ1) is 8.32. The van der Waals surface area contributed by atoms with Crippen LogP contribution in [0.3, 0.4) is 0 Å². The lowest BCUT2D eigenvalue weighted by Gasteiger charge is -2.32. The minimum Gasteiger partial charge on any atom is -0.379 e. The first-order valence-corrected chi connectivity index (χ1v) is 6.33. The van der Waals surface area contributed by atoms with Crippen molar-refractivity contribution in [3.63, 3.8) is 0 Å². The fraction of sp³-hybridized carbons (Fsp3) is 0.571. The van der Waals surface area contributed by atoms with Crippen LogP contribution in [0.15, 0.2) is 18.2 Å². The van der Waals surface area contributed by atoms with Crippen molar-refractivity contribution < 1.29 is 4.92 Å². The Bertz CT molecular complexity index is 477. The molecular weight excluding hydrogens is 228 g/mol. The summed E-state index contributed by atoms with van der Waals surface area (Å²) in [5, 5.41) is 14.2. The molecule has 4 heteroatoms. The van der Waals surface area contributed by atoms with Crippen LogP contribution in [0.1, 0.15) is 39.2 Å². The second-order valence-corrected chi connectivity index (χ2v) is 6.14. The molecule has 98 valence electrons. The Morgan fingerprint density at radius 3 is 2.67 bits per heavy atom. The van der Waals surface area contributed by atoms with Gasteiger partial charge in [-0.15, -0.1) is 0 Å². The van der Waals surface area contributed by atoms with Crippen molar-refractivity contribution in [2.45, 2.75) is 33.6 Å². The molecule has 2 atom stereocenters. The van der Waals surface area contributed by atoms with Crippen LogP contribution in [-0.4, -0.2) is 11.5 Å². The van der Waals surface area contributed by atoms with E-state index in [1.54, 1.807) is 12.1 Å². The molecule has 0 spiro atoms. The third-order valence-corrected chi connectivity index (χ3v) is 4.14. The highest BCUT2D eigenvalue weighted by molar-refractivity contribution is 5.70. The summed E-state index contributed by atoms with van der Waals surface area (Å²) < 4.78 is 0. The maximum absolute atomic E-state index is 11.0. The van der Waals surface area contributed by atoms with Crippen LogP contribution in [0.25, 0.3) is 0 Å². The Balaban J connectivity index is 2.41. The highest BCUT2D eigenvalue weighted by Crippen LogP contribution is 2.46. The number of para-hydroxylation sites is 1. The van der Waals surface area contributed by atoms with E-state index >= 15 is 0 Å². The van der Waals surface area contributed by atoms with Crippen LogP contribution < -0.4 is 5.32 Å². The highest BCUT2D eigenvalue weighted by Gasteiger charge is 2.36. The molecule has 0 bridgehead atoms. The van der Waals surface area contributed by atoms with Gasteiger partial charge in [-0.25, -0.2) is 0 Å². The van der Waals surface area contributed by atoms with Gasteiger partial charge in [0, 0.05) is 18.5 Å². The third-order valence-electron chi connectivity index (χ3n) is 4.14. The van der Waals surface area contributed by atoms with E-state index in [2.05, 4.69) is 33.0 Å². The number of hydrogen-bond donors (Lipinski definition) is 1. The van der Waals surface area contributed by atoms with Crippen molar-refractivity contribution in [2.24, 2.45) is 11.3 Å². The molecule has 1 N–H and O–H groups in total. The molecule has 0 radical (unpaired) electrons. The number of nitrogens with zero attached hydrogens (tertiary/aromatic N) is 1. The summed E-state index contributed by atoms with van der Waals surface area (Å²) in [5.74, 6) is 0.813. The minimum absolute atomic E-state index is 0.191. The van der Waals surface area contributed by atoms with Gasteiger partial charge in [-0.05, 0) is 16.9 Å². The highest BCUT2D eigenvalue weighted by atomic mass is 16.6. The van der Waals surface area contributed by atoms with Crippen LogP contribution in [0, 0.1) is 21.4 Å². The van der Waals surface area contributed by atoms with E-state index in [4.69, 9.17) is 0 Å². The van der Waals surface area contributed by atoms with Crippen molar-refractivity contribution in [3.8, 4) is 0 Å². The molecule has 1 heterocycles. The molecular formula is C14H20N2O2. The maximum Gasteiger partial charge on any atom is 0.292 e. The Labute approximate surface area is 108 Å². The second kappa shape index (κ2) is 4.26. The van der Waals surface area contributed by atoms with Gasteiger partial charge in [-0.2, -0.15) is 0 Å². The summed E-state index contributed by atoms with van der Waals surface area (Å²) in [5.41, 5.74) is 2.19. The lowest BCUT2D eigenvalue weighted by Crippen LogP contribution is -2.25. The molecule has 0 saturated heterocycles. The molecule has 18 heavy (non-hydrogen) atoms. The SMILES string of the molecule is CC(C1CNc2c1cccc2[N+](=O)[O-])C(C)(C)C. The largest absolute Gasteiger partial charge is 0.379 e. The number of rotatable bonds is 2. The molecule has 0 saturated carbocycles. The van der Waals surface area contributed by atoms with E-state index < -0.39 is 0 Å². The molecule has 1 aliphatic rings. The fourth-order valence-corrected chi connectivity index (χ4v) is 2.58. The summed E-state index contributed by atoms with van der Waals surface area (Å²) in [6.07, 6.45) is 0. The minimum atomic E-state index is -0.310. The van der Waals surface area contributed by atoms with E-state index in [9.17, 15) is 10.1 Å². The Morgan fingerprint density at radius 2 is 2.11 bits per heavy atom. The number of nitro benzene ring substituents is 1. The predicted octanol–water partition coefficient (Wildman–Crippen LogP) is 3.79. The lowest BCUT2D eigenvalue weighted by atomic mass is 9.72. The molecule has 1 aromatic rings. The Morgan fingerprint density at radius 1 is 1.44 bits per heavy atom. The molecule has 0 aliphatic carbocycles. The van der Waals surface area contributed by atoms with E-state index in [0.29, 0.717) is 17.5 Å². The summed E-state index contributed by atoms with van der Waals surface area (Å²) in [7, 11) is 0. The van der Waals surface area contributed by atoms with Crippen molar-refractivity contribution in [2.75, 3.05) is 11.9 Å².